The summed E-state index contributed by atoms with van der Waals surface area (Å²) in [6.07, 6.45) is 5.23. The van der Waals surface area contributed by atoms with Gasteiger partial charge in [0.25, 0.3) is 0 Å². The Balaban J connectivity index is 4.40. The minimum absolute atomic E-state index is 0.250. The van der Waals surface area contributed by atoms with E-state index in [1.165, 1.54) is 24.8 Å². The molecule has 0 N–H and O–H groups in total. The topological polar surface area (TPSA) is 102 Å². The van der Waals surface area contributed by atoms with Gasteiger partial charge in [0.05, 0.1) is 0 Å². The molecule has 0 aromatic rings. The van der Waals surface area contributed by atoms with Gasteiger partial charge < -0.3 is 0 Å². The zero-order valence-corrected chi connectivity index (χ0v) is 4.68. The number of rotatable bonds is 1. The molecule has 0 aliphatic carbocycles. The van der Waals surface area contributed by atoms with Gasteiger partial charge in [0.15, 0.2) is 0 Å². The Morgan fingerprint density at radius 1 is 0.600 bits per heavy atom. The second-order valence-electron chi connectivity index (χ2n) is 1.02. The molecule has 0 saturated carbocycles. The average Bonchev–Trinajstić information content (AvgIpc) is 2.00. The van der Waals surface area contributed by atoms with E-state index in [0.29, 0.717) is 0 Å². The molecule has 10 heavy (non-hydrogen) atoms. The van der Waals surface area contributed by atoms with Gasteiger partial charge >= 0.3 is 0 Å². The molecule has 0 rings (SSSR count). The molecule has 0 aliphatic heterocycles. The molecule has 0 bridgehead atoms. The fourth-order valence-corrected chi connectivity index (χ4v) is 0.224. The first-order valence-electron chi connectivity index (χ1n) is 1.99. The lowest BCUT2D eigenvalue weighted by Crippen LogP contribution is -2.26. The summed E-state index contributed by atoms with van der Waals surface area (Å²) < 4.78 is 0. The summed E-state index contributed by atoms with van der Waals surface area (Å²) in [6, 6.07) is 0. The molecule has 0 spiro atoms. The molecule has 0 aliphatic rings. The van der Waals surface area contributed by atoms with Crippen LogP contribution in [0.5, 0.6) is 0 Å². The van der Waals surface area contributed by atoms with Crippen LogP contribution in [0.4, 0.5) is 0 Å². The third-order valence-electron chi connectivity index (χ3n) is 0.579. The maximum atomic E-state index is 8.07. The van der Waals surface area contributed by atoms with Crippen molar-refractivity contribution >= 4 is 0 Å². The van der Waals surface area contributed by atoms with E-state index < -0.39 is 0 Å². The highest BCUT2D eigenvalue weighted by molar-refractivity contribution is 4.95. The Morgan fingerprint density at radius 2 is 0.800 bits per heavy atom. The first-order valence-corrected chi connectivity index (χ1v) is 1.99. The standard InChI is InChI=1S/C4N6/c5-1-9(2-6)10(3-7)4-8. The summed E-state index contributed by atoms with van der Waals surface area (Å²) in [5.74, 6) is 0. The number of nitrogens with zero attached hydrogens (tertiary/aromatic N) is 6. The minimum atomic E-state index is 0.250. The van der Waals surface area contributed by atoms with E-state index in [2.05, 4.69) is 0 Å². The van der Waals surface area contributed by atoms with Crippen molar-refractivity contribution in [1.82, 2.24) is 10.0 Å². The second-order valence-corrected chi connectivity index (χ2v) is 1.02. The quantitative estimate of drug-likeness (QED) is 0.269. The number of hydrazine groups is 1. The lowest BCUT2D eigenvalue weighted by molar-refractivity contribution is 0.253. The summed E-state index contributed by atoms with van der Waals surface area (Å²) in [6.45, 7) is 0. The van der Waals surface area contributed by atoms with Crippen LogP contribution in [0.3, 0.4) is 0 Å². The van der Waals surface area contributed by atoms with Gasteiger partial charge in [0.1, 0.15) is 0 Å². The van der Waals surface area contributed by atoms with E-state index in [4.69, 9.17) is 21.0 Å². The van der Waals surface area contributed by atoms with Gasteiger partial charge in [-0.05, 0) is 0 Å². The molecular formula is C4N6. The van der Waals surface area contributed by atoms with Crippen LogP contribution in [-0.2, 0) is 0 Å². The van der Waals surface area contributed by atoms with Crippen molar-refractivity contribution in [2.45, 2.75) is 0 Å². The molecule has 0 radical (unpaired) electrons. The largest absolute Gasteiger partial charge is 0.217 e. The Kier molecular flexibility index (Phi) is 2.68. The lowest BCUT2D eigenvalue weighted by atomic mass is 10.9. The van der Waals surface area contributed by atoms with E-state index in [-0.39, 0.29) is 10.0 Å². The van der Waals surface area contributed by atoms with Gasteiger partial charge in [0.2, 0.25) is 24.8 Å². The second kappa shape index (κ2) is 3.55. The average molecular weight is 132 g/mol. The normalized spacial score (nSPS) is 5.60. The fourth-order valence-electron chi connectivity index (χ4n) is 0.224. The van der Waals surface area contributed by atoms with Crippen molar-refractivity contribution in [2.24, 2.45) is 0 Å². The van der Waals surface area contributed by atoms with Crippen molar-refractivity contribution in [1.29, 1.82) is 21.0 Å². The smallest absolute Gasteiger partial charge is 0.170 e. The number of nitriles is 4. The summed E-state index contributed by atoms with van der Waals surface area (Å²) in [5, 5.41) is 32.8. The van der Waals surface area contributed by atoms with Crippen LogP contribution in [0.1, 0.15) is 0 Å². The molecule has 0 amide bonds. The van der Waals surface area contributed by atoms with Gasteiger partial charge in [0, 0.05) is 0 Å². The molecule has 0 atom stereocenters. The zero-order valence-electron chi connectivity index (χ0n) is 4.68. The van der Waals surface area contributed by atoms with Gasteiger partial charge in [-0.25, -0.2) is 0 Å². The molecule has 0 saturated heterocycles. The van der Waals surface area contributed by atoms with Gasteiger partial charge in [-0.15, -0.1) is 0 Å². The zero-order chi connectivity index (χ0) is 7.98. The summed E-state index contributed by atoms with van der Waals surface area (Å²) in [5.41, 5.74) is 0. The SMILES string of the molecule is N#CN(C#N)N(C#N)C#N. The minimum Gasteiger partial charge on any atom is -0.170 e. The lowest BCUT2D eigenvalue weighted by Gasteiger charge is -2.05. The highest BCUT2D eigenvalue weighted by atomic mass is 15.6. The Bertz CT molecular complexity index is 208. The van der Waals surface area contributed by atoms with Crippen molar-refractivity contribution in [3.8, 4) is 24.8 Å². The number of hydrogen-bond donors (Lipinski definition) is 0. The van der Waals surface area contributed by atoms with Crippen molar-refractivity contribution in [3.63, 3.8) is 0 Å². The predicted octanol–water partition coefficient (Wildman–Crippen LogP) is -0.570. The van der Waals surface area contributed by atoms with Crippen LogP contribution in [-0.4, -0.2) is 10.0 Å². The molecular weight excluding hydrogens is 132 g/mol. The fraction of sp³-hybridized carbons (Fsp3) is 0. The highest BCUT2D eigenvalue weighted by Crippen LogP contribution is 1.87. The van der Waals surface area contributed by atoms with Gasteiger partial charge in [-0.1, -0.05) is 10.0 Å². The van der Waals surface area contributed by atoms with Gasteiger partial charge in [-0.3, -0.25) is 0 Å². The summed E-state index contributed by atoms with van der Waals surface area (Å²) in [7, 11) is 0. The monoisotopic (exact) mass is 132 g/mol. The van der Waals surface area contributed by atoms with E-state index in [0.717, 1.165) is 0 Å². The van der Waals surface area contributed by atoms with E-state index in [1.54, 1.807) is 0 Å². The van der Waals surface area contributed by atoms with Crippen molar-refractivity contribution in [2.75, 3.05) is 0 Å². The molecule has 0 aromatic heterocycles. The molecule has 0 unspecified atom stereocenters. The van der Waals surface area contributed by atoms with Crippen molar-refractivity contribution in [3.05, 3.63) is 0 Å². The van der Waals surface area contributed by atoms with E-state index in [9.17, 15) is 0 Å². The van der Waals surface area contributed by atoms with Crippen LogP contribution >= 0.6 is 0 Å². The molecule has 0 heterocycles. The van der Waals surface area contributed by atoms with E-state index >= 15 is 0 Å². The van der Waals surface area contributed by atoms with Crippen LogP contribution in [0, 0.1) is 45.8 Å². The third kappa shape index (κ3) is 1.26. The number of hydrogen-bond acceptors (Lipinski definition) is 6. The highest BCUT2D eigenvalue weighted by Gasteiger charge is 2.08. The molecule has 0 aromatic carbocycles. The Morgan fingerprint density at radius 3 is 0.900 bits per heavy atom. The van der Waals surface area contributed by atoms with Crippen LogP contribution < -0.4 is 0 Å². The first kappa shape index (κ1) is 7.56. The summed E-state index contributed by atoms with van der Waals surface area (Å²) >= 11 is 0. The first-order chi connectivity index (χ1) is 4.79. The van der Waals surface area contributed by atoms with E-state index in [1.807, 2.05) is 0 Å². The Hall–Kier alpha value is -2.44. The van der Waals surface area contributed by atoms with Gasteiger partial charge in [-0.2, -0.15) is 21.0 Å². The molecule has 0 fully saturated rings. The summed E-state index contributed by atoms with van der Waals surface area (Å²) in [4.78, 5) is 0. The predicted molar refractivity (Wildman–Crippen MR) is 26.1 cm³/mol. The molecule has 6 heteroatoms. The van der Waals surface area contributed by atoms with Crippen LogP contribution in [0.2, 0.25) is 0 Å². The maximum absolute atomic E-state index is 8.07. The maximum Gasteiger partial charge on any atom is 0.217 e. The van der Waals surface area contributed by atoms with Crippen molar-refractivity contribution < 1.29 is 0 Å². The Labute approximate surface area is 56.9 Å². The third-order valence-corrected chi connectivity index (χ3v) is 0.579. The molecule has 6 nitrogen and oxygen atoms in total. The molecule has 46 valence electrons. The van der Waals surface area contributed by atoms with Crippen LogP contribution in [0.25, 0.3) is 0 Å². The van der Waals surface area contributed by atoms with Crippen LogP contribution in [0.15, 0.2) is 0 Å².